The van der Waals surface area contributed by atoms with Gasteiger partial charge in [-0.05, 0) is 12.0 Å². The molecule has 17 heavy (non-hydrogen) atoms. The summed E-state index contributed by atoms with van der Waals surface area (Å²) in [5.74, 6) is -2.12. The third kappa shape index (κ3) is 3.29. The standard InChI is InChI=1S/C10H16N2O4S/c1-7(2)9(10(13)14)17(15,16)6-8-4-5-12(3)11-8/h4-5,7,9H,6H2,1-3H3,(H,13,14). The summed E-state index contributed by atoms with van der Waals surface area (Å²) in [6.07, 6.45) is 1.62. The molecule has 0 saturated carbocycles. The predicted molar refractivity (Wildman–Crippen MR) is 62.1 cm³/mol. The minimum atomic E-state index is -3.74. The maximum absolute atomic E-state index is 12.0. The van der Waals surface area contributed by atoms with Crippen LogP contribution in [0.25, 0.3) is 0 Å². The molecule has 1 N–H and O–H groups in total. The molecule has 96 valence electrons. The van der Waals surface area contributed by atoms with Crippen LogP contribution in [-0.4, -0.2) is 34.5 Å². The summed E-state index contributed by atoms with van der Waals surface area (Å²) in [7, 11) is -2.06. The van der Waals surface area contributed by atoms with Crippen LogP contribution in [0.2, 0.25) is 0 Å². The Kier molecular flexibility index (Phi) is 3.92. The molecular formula is C10H16N2O4S. The molecule has 0 saturated heterocycles. The highest BCUT2D eigenvalue weighted by molar-refractivity contribution is 7.92. The van der Waals surface area contributed by atoms with Gasteiger partial charge in [0.05, 0.1) is 11.4 Å². The van der Waals surface area contributed by atoms with E-state index in [1.54, 1.807) is 33.2 Å². The van der Waals surface area contributed by atoms with Crippen molar-refractivity contribution in [2.75, 3.05) is 0 Å². The summed E-state index contributed by atoms with van der Waals surface area (Å²) < 4.78 is 25.4. The van der Waals surface area contributed by atoms with Crippen molar-refractivity contribution in [3.8, 4) is 0 Å². The molecule has 0 aliphatic rings. The number of carboxylic acid groups (broad SMARTS) is 1. The lowest BCUT2D eigenvalue weighted by atomic mass is 10.1. The second kappa shape index (κ2) is 4.87. The van der Waals surface area contributed by atoms with Crippen LogP contribution < -0.4 is 0 Å². The monoisotopic (exact) mass is 260 g/mol. The second-order valence-corrected chi connectivity index (χ2v) is 6.41. The summed E-state index contributed by atoms with van der Waals surface area (Å²) >= 11 is 0. The van der Waals surface area contributed by atoms with Crippen molar-refractivity contribution in [2.45, 2.75) is 24.9 Å². The Bertz CT molecular complexity index is 504. The Balaban J connectivity index is 2.98. The fourth-order valence-corrected chi connectivity index (χ4v) is 3.57. The molecule has 6 nitrogen and oxygen atoms in total. The van der Waals surface area contributed by atoms with Crippen molar-refractivity contribution in [3.63, 3.8) is 0 Å². The highest BCUT2D eigenvalue weighted by atomic mass is 32.2. The van der Waals surface area contributed by atoms with Crippen LogP contribution in [-0.2, 0) is 27.4 Å². The van der Waals surface area contributed by atoms with Gasteiger partial charge in [-0.1, -0.05) is 13.8 Å². The first-order chi connectivity index (χ1) is 7.74. The van der Waals surface area contributed by atoms with E-state index in [1.165, 1.54) is 4.68 Å². The van der Waals surface area contributed by atoms with Gasteiger partial charge in [0, 0.05) is 13.2 Å². The van der Waals surface area contributed by atoms with Gasteiger partial charge in [-0.2, -0.15) is 5.10 Å². The molecule has 1 heterocycles. The van der Waals surface area contributed by atoms with Gasteiger partial charge >= 0.3 is 5.97 Å². The predicted octanol–water partition coefficient (Wildman–Crippen LogP) is 0.444. The van der Waals surface area contributed by atoms with E-state index in [0.29, 0.717) is 5.69 Å². The van der Waals surface area contributed by atoms with Gasteiger partial charge in [-0.15, -0.1) is 0 Å². The first-order valence-corrected chi connectivity index (χ1v) is 6.88. The molecule has 0 aromatic carbocycles. The highest BCUT2D eigenvalue weighted by Gasteiger charge is 2.35. The van der Waals surface area contributed by atoms with Gasteiger partial charge < -0.3 is 5.11 Å². The fraction of sp³-hybridized carbons (Fsp3) is 0.600. The molecule has 0 aliphatic carbocycles. The number of sulfone groups is 1. The largest absolute Gasteiger partial charge is 0.480 e. The SMILES string of the molecule is CC(C)C(C(=O)O)S(=O)(=O)Cc1ccn(C)n1. The molecule has 0 bridgehead atoms. The molecule has 1 aromatic heterocycles. The molecule has 0 aliphatic heterocycles. The molecular weight excluding hydrogens is 244 g/mol. The summed E-state index contributed by atoms with van der Waals surface area (Å²) in [6, 6.07) is 1.57. The fourth-order valence-electron chi connectivity index (χ4n) is 1.69. The zero-order valence-electron chi connectivity index (χ0n) is 9.99. The lowest BCUT2D eigenvalue weighted by Gasteiger charge is -2.15. The number of hydrogen-bond acceptors (Lipinski definition) is 4. The van der Waals surface area contributed by atoms with E-state index < -0.39 is 27.0 Å². The van der Waals surface area contributed by atoms with Crippen molar-refractivity contribution >= 4 is 15.8 Å². The number of aromatic nitrogens is 2. The molecule has 1 atom stereocenters. The maximum atomic E-state index is 12.0. The average Bonchev–Trinajstić information content (AvgIpc) is 2.47. The molecule has 7 heteroatoms. The minimum Gasteiger partial charge on any atom is -0.480 e. The number of rotatable bonds is 5. The van der Waals surface area contributed by atoms with E-state index in [9.17, 15) is 13.2 Å². The second-order valence-electron chi connectivity index (χ2n) is 4.29. The van der Waals surface area contributed by atoms with Crippen LogP contribution in [0.4, 0.5) is 0 Å². The number of nitrogens with zero attached hydrogens (tertiary/aromatic N) is 2. The van der Waals surface area contributed by atoms with Crippen LogP contribution in [0.15, 0.2) is 12.3 Å². The number of aliphatic carboxylic acids is 1. The van der Waals surface area contributed by atoms with Crippen LogP contribution in [0.3, 0.4) is 0 Å². The van der Waals surface area contributed by atoms with Crippen LogP contribution in [0, 0.1) is 5.92 Å². The topological polar surface area (TPSA) is 89.3 Å². The van der Waals surface area contributed by atoms with E-state index in [0.717, 1.165) is 0 Å². The van der Waals surface area contributed by atoms with Crippen molar-refractivity contribution in [3.05, 3.63) is 18.0 Å². The van der Waals surface area contributed by atoms with E-state index in [4.69, 9.17) is 5.11 Å². The van der Waals surface area contributed by atoms with E-state index in [2.05, 4.69) is 5.10 Å². The summed E-state index contributed by atoms with van der Waals surface area (Å²) in [5.41, 5.74) is 0.361. The smallest absolute Gasteiger partial charge is 0.322 e. The quantitative estimate of drug-likeness (QED) is 0.830. The Morgan fingerprint density at radius 3 is 2.47 bits per heavy atom. The van der Waals surface area contributed by atoms with Gasteiger partial charge in [0.25, 0.3) is 0 Å². The van der Waals surface area contributed by atoms with Gasteiger partial charge in [0.2, 0.25) is 0 Å². The number of carbonyl (C=O) groups is 1. The van der Waals surface area contributed by atoms with Crippen LogP contribution in [0.1, 0.15) is 19.5 Å². The Morgan fingerprint density at radius 1 is 1.53 bits per heavy atom. The average molecular weight is 260 g/mol. The Morgan fingerprint density at radius 2 is 2.12 bits per heavy atom. The zero-order chi connectivity index (χ0) is 13.2. The summed E-state index contributed by atoms with van der Waals surface area (Å²) in [6.45, 7) is 3.16. The molecule has 0 radical (unpaired) electrons. The van der Waals surface area contributed by atoms with Crippen molar-refractivity contribution in [1.29, 1.82) is 0 Å². The molecule has 1 rings (SSSR count). The molecule has 0 fully saturated rings. The van der Waals surface area contributed by atoms with E-state index in [1.807, 2.05) is 0 Å². The van der Waals surface area contributed by atoms with Crippen LogP contribution >= 0.6 is 0 Å². The summed E-state index contributed by atoms with van der Waals surface area (Å²) in [4.78, 5) is 11.0. The molecule has 1 aromatic rings. The molecule has 1 unspecified atom stereocenters. The Hall–Kier alpha value is -1.37. The highest BCUT2D eigenvalue weighted by Crippen LogP contribution is 2.17. The first kappa shape index (κ1) is 13.7. The molecule has 0 spiro atoms. The minimum absolute atomic E-state index is 0.344. The molecule has 0 amide bonds. The van der Waals surface area contributed by atoms with E-state index in [-0.39, 0.29) is 5.75 Å². The third-order valence-corrected chi connectivity index (χ3v) is 4.57. The van der Waals surface area contributed by atoms with E-state index >= 15 is 0 Å². The third-order valence-electron chi connectivity index (χ3n) is 2.35. The number of carboxylic acids is 1. The normalized spacial score (nSPS) is 13.9. The van der Waals surface area contributed by atoms with Crippen LogP contribution in [0.5, 0.6) is 0 Å². The van der Waals surface area contributed by atoms with Gasteiger partial charge in [-0.25, -0.2) is 8.42 Å². The van der Waals surface area contributed by atoms with Gasteiger partial charge in [0.1, 0.15) is 0 Å². The van der Waals surface area contributed by atoms with Gasteiger partial charge in [-0.3, -0.25) is 9.48 Å². The lowest BCUT2D eigenvalue weighted by Crippen LogP contribution is -2.35. The van der Waals surface area contributed by atoms with Crippen molar-refractivity contribution in [2.24, 2.45) is 13.0 Å². The number of hydrogen-bond donors (Lipinski definition) is 1. The van der Waals surface area contributed by atoms with Crippen molar-refractivity contribution in [1.82, 2.24) is 9.78 Å². The van der Waals surface area contributed by atoms with Gasteiger partial charge in [0.15, 0.2) is 15.1 Å². The maximum Gasteiger partial charge on any atom is 0.322 e. The first-order valence-electron chi connectivity index (χ1n) is 5.17. The Labute approximate surface area is 100 Å². The number of aryl methyl sites for hydroxylation is 1. The van der Waals surface area contributed by atoms with Crippen molar-refractivity contribution < 1.29 is 18.3 Å². The lowest BCUT2D eigenvalue weighted by molar-refractivity contribution is -0.137. The zero-order valence-corrected chi connectivity index (χ0v) is 10.8. The summed E-state index contributed by atoms with van der Waals surface area (Å²) in [5, 5.41) is 11.5.